The Morgan fingerprint density at radius 2 is 1.68 bits per heavy atom. The zero-order valence-electron chi connectivity index (χ0n) is 22.5. The summed E-state index contributed by atoms with van der Waals surface area (Å²) in [5.41, 5.74) is 2.05. The molecule has 0 aromatic heterocycles. The average molecular weight is 527 g/mol. The van der Waals surface area contributed by atoms with Crippen molar-refractivity contribution in [3.8, 4) is 11.5 Å². The monoisotopic (exact) mass is 526 g/mol. The fourth-order valence-electron chi connectivity index (χ4n) is 5.24. The molecule has 2 aliphatic heterocycles. The lowest BCUT2D eigenvalue weighted by atomic mass is 9.79. The number of amides is 2. The smallest absolute Gasteiger partial charge is 0.254 e. The van der Waals surface area contributed by atoms with Crippen LogP contribution in [0, 0.1) is 0 Å². The van der Waals surface area contributed by atoms with Crippen LogP contribution < -0.4 is 14.8 Å². The molecule has 2 atom stereocenters. The highest BCUT2D eigenvalue weighted by atomic mass is 32.2. The second-order valence-corrected chi connectivity index (χ2v) is 10.6. The van der Waals surface area contributed by atoms with Crippen molar-refractivity contribution < 1.29 is 19.1 Å². The molecule has 0 radical (unpaired) electrons. The van der Waals surface area contributed by atoms with E-state index in [4.69, 9.17) is 9.47 Å². The van der Waals surface area contributed by atoms with Crippen molar-refractivity contribution >= 4 is 23.6 Å². The third kappa shape index (κ3) is 5.89. The topological polar surface area (TPSA) is 74.4 Å². The zero-order chi connectivity index (χ0) is 26.5. The maximum atomic E-state index is 13.8. The van der Waals surface area contributed by atoms with Crippen LogP contribution in [0.5, 0.6) is 11.5 Å². The largest absolute Gasteiger partial charge is 0.493 e. The maximum Gasteiger partial charge on any atom is 0.254 e. The van der Waals surface area contributed by atoms with Crippen LogP contribution in [-0.2, 0) is 4.79 Å². The maximum absolute atomic E-state index is 13.8. The summed E-state index contributed by atoms with van der Waals surface area (Å²) in [5.74, 6) is 0.153. The number of likely N-dealkylation sites (N-methyl/N-ethyl adjacent to an activating group) is 2. The van der Waals surface area contributed by atoms with Gasteiger partial charge >= 0.3 is 0 Å². The van der Waals surface area contributed by atoms with Crippen molar-refractivity contribution in [1.82, 2.24) is 20.0 Å². The minimum absolute atomic E-state index is 0.0925. The number of nitrogens with zero attached hydrogens (tertiary/aromatic N) is 3. The van der Waals surface area contributed by atoms with Gasteiger partial charge in [-0.05, 0) is 61.7 Å². The van der Waals surface area contributed by atoms with Crippen molar-refractivity contribution in [1.29, 1.82) is 0 Å². The quantitative estimate of drug-likeness (QED) is 0.398. The summed E-state index contributed by atoms with van der Waals surface area (Å²) < 4.78 is 11.0. The number of hydrogen-bond acceptors (Lipinski definition) is 7. The molecule has 1 saturated heterocycles. The highest BCUT2D eigenvalue weighted by molar-refractivity contribution is 7.98. The van der Waals surface area contributed by atoms with E-state index in [1.165, 1.54) is 0 Å². The first-order chi connectivity index (χ1) is 17.9. The molecule has 2 unspecified atom stereocenters. The normalized spacial score (nSPS) is 20.5. The Morgan fingerprint density at radius 3 is 2.30 bits per heavy atom. The molecular weight excluding hydrogens is 488 g/mol. The summed E-state index contributed by atoms with van der Waals surface area (Å²) in [7, 11) is 7.02. The fraction of sp³-hybridized carbons (Fsp3) is 0.500. The second kappa shape index (κ2) is 12.2. The van der Waals surface area contributed by atoms with Gasteiger partial charge in [0.2, 0.25) is 5.91 Å². The number of piperazine rings is 1. The van der Waals surface area contributed by atoms with Crippen LogP contribution in [0.3, 0.4) is 0 Å². The number of ether oxygens (including phenoxy) is 2. The van der Waals surface area contributed by atoms with E-state index >= 15 is 0 Å². The molecule has 9 heteroatoms. The molecular formula is C28H38N4O4S. The minimum atomic E-state index is -0.582. The van der Waals surface area contributed by atoms with Crippen LogP contribution in [0.1, 0.15) is 39.9 Å². The predicted molar refractivity (Wildman–Crippen MR) is 147 cm³/mol. The Balaban J connectivity index is 1.61. The number of nitrogens with one attached hydrogen (secondary N) is 1. The molecule has 2 aromatic rings. The van der Waals surface area contributed by atoms with Crippen LogP contribution in [0.25, 0.3) is 0 Å². The van der Waals surface area contributed by atoms with Crippen molar-refractivity contribution in [2.45, 2.75) is 23.3 Å². The van der Waals surface area contributed by atoms with Crippen molar-refractivity contribution in [3.05, 3.63) is 53.1 Å². The van der Waals surface area contributed by atoms with Gasteiger partial charge in [0.05, 0.1) is 26.2 Å². The summed E-state index contributed by atoms with van der Waals surface area (Å²) in [4.78, 5) is 34.9. The molecule has 0 bridgehead atoms. The van der Waals surface area contributed by atoms with Crippen LogP contribution in [0.15, 0.2) is 41.3 Å². The summed E-state index contributed by atoms with van der Waals surface area (Å²) in [6.07, 6.45) is 2.91. The Kier molecular flexibility index (Phi) is 9.00. The number of rotatable bonds is 9. The van der Waals surface area contributed by atoms with Gasteiger partial charge in [0.1, 0.15) is 0 Å². The lowest BCUT2D eigenvalue weighted by Crippen LogP contribution is -2.47. The van der Waals surface area contributed by atoms with E-state index in [0.29, 0.717) is 29.2 Å². The van der Waals surface area contributed by atoms with Gasteiger partial charge in [-0.2, -0.15) is 0 Å². The summed E-state index contributed by atoms with van der Waals surface area (Å²) in [5, 5.41) is 3.18. The third-order valence-electron chi connectivity index (χ3n) is 7.46. The van der Waals surface area contributed by atoms with Crippen molar-refractivity contribution in [3.63, 3.8) is 0 Å². The van der Waals surface area contributed by atoms with Gasteiger partial charge in [0.15, 0.2) is 11.5 Å². The van der Waals surface area contributed by atoms with E-state index < -0.39 is 12.0 Å². The molecule has 0 aliphatic carbocycles. The number of carbonyl (C=O) groups excluding carboxylic acids is 2. The summed E-state index contributed by atoms with van der Waals surface area (Å²) in [6.45, 7) is 5.81. The zero-order valence-corrected chi connectivity index (χ0v) is 23.3. The fourth-order valence-corrected chi connectivity index (χ4v) is 5.65. The Hall–Kier alpha value is -2.75. The van der Waals surface area contributed by atoms with Gasteiger partial charge in [0.25, 0.3) is 5.91 Å². The van der Waals surface area contributed by atoms with Crippen molar-refractivity contribution in [2.75, 3.05) is 73.8 Å². The molecule has 0 spiro atoms. The molecule has 4 rings (SSSR count). The van der Waals surface area contributed by atoms with Crippen LogP contribution in [-0.4, -0.2) is 100 Å². The van der Waals surface area contributed by atoms with Crippen LogP contribution >= 0.6 is 11.8 Å². The molecule has 0 saturated carbocycles. The van der Waals surface area contributed by atoms with Gasteiger partial charge in [-0.1, -0.05) is 12.1 Å². The number of fused-ring (bicyclic) bond motifs is 1. The average Bonchev–Trinajstić information content (AvgIpc) is 2.93. The van der Waals surface area contributed by atoms with Gasteiger partial charge in [0, 0.05) is 50.2 Å². The Morgan fingerprint density at radius 1 is 1.03 bits per heavy atom. The van der Waals surface area contributed by atoms with E-state index in [0.717, 1.165) is 49.6 Å². The standard InChI is InChI=1S/C28H38N4O4S/c1-30-13-15-32(16-14-30)12-6-11-29-27(33)25-21-17-23(35-3)24(36-4)18-22(21)28(34)31(2)26(25)19-7-9-20(37-5)10-8-19/h7-10,17-18,25-26H,6,11-16H2,1-5H3,(H,29,33). The van der Waals surface area contributed by atoms with Crippen LogP contribution in [0.2, 0.25) is 0 Å². The molecule has 8 nitrogen and oxygen atoms in total. The predicted octanol–water partition coefficient (Wildman–Crippen LogP) is 3.09. The number of carbonyl (C=O) groups is 2. The minimum Gasteiger partial charge on any atom is -0.493 e. The lowest BCUT2D eigenvalue weighted by molar-refractivity contribution is -0.124. The van der Waals surface area contributed by atoms with Gasteiger partial charge < -0.3 is 29.5 Å². The third-order valence-corrected chi connectivity index (χ3v) is 8.20. The highest BCUT2D eigenvalue weighted by Crippen LogP contribution is 2.45. The first kappa shape index (κ1) is 27.3. The molecule has 37 heavy (non-hydrogen) atoms. The Labute approximate surface area is 224 Å². The molecule has 2 aromatic carbocycles. The second-order valence-electron chi connectivity index (χ2n) is 9.70. The molecule has 2 heterocycles. The molecule has 200 valence electrons. The van der Waals surface area contributed by atoms with Gasteiger partial charge in [-0.15, -0.1) is 11.8 Å². The number of methoxy groups -OCH3 is 2. The van der Waals surface area contributed by atoms with Crippen molar-refractivity contribution in [2.24, 2.45) is 0 Å². The SMILES string of the molecule is COc1cc2c(cc1OC)C(C(=O)NCCCN1CCN(C)CC1)C(c1ccc(SC)cc1)N(C)C2=O. The first-order valence-electron chi connectivity index (χ1n) is 12.7. The van der Waals surface area contributed by atoms with Crippen LogP contribution in [0.4, 0.5) is 0 Å². The van der Waals surface area contributed by atoms with E-state index in [1.54, 1.807) is 50.1 Å². The first-order valence-corrected chi connectivity index (χ1v) is 14.0. The summed E-state index contributed by atoms with van der Waals surface area (Å²) in [6, 6.07) is 11.1. The lowest BCUT2D eigenvalue weighted by Gasteiger charge is -2.40. The Bertz CT molecular complexity index is 1100. The van der Waals surface area contributed by atoms with Gasteiger partial charge in [-0.25, -0.2) is 0 Å². The number of thioether (sulfide) groups is 1. The highest BCUT2D eigenvalue weighted by Gasteiger charge is 2.43. The number of hydrogen-bond donors (Lipinski definition) is 1. The molecule has 1 fully saturated rings. The molecule has 1 N–H and O–H groups in total. The molecule has 2 amide bonds. The van der Waals surface area contributed by atoms with E-state index in [1.807, 2.05) is 30.5 Å². The van der Waals surface area contributed by atoms with E-state index in [2.05, 4.69) is 22.2 Å². The molecule has 2 aliphatic rings. The summed E-state index contributed by atoms with van der Waals surface area (Å²) >= 11 is 1.66. The number of benzene rings is 2. The van der Waals surface area contributed by atoms with Gasteiger partial charge in [-0.3, -0.25) is 9.59 Å². The van der Waals surface area contributed by atoms with E-state index in [-0.39, 0.29) is 11.8 Å². The van der Waals surface area contributed by atoms with E-state index in [9.17, 15) is 9.59 Å².